The van der Waals surface area contributed by atoms with Crippen LogP contribution in [0.3, 0.4) is 0 Å². The number of hydrogen-bond donors (Lipinski definition) is 2. The molecule has 0 unspecified atom stereocenters. The molecule has 0 bridgehead atoms. The number of rotatable bonds is 6. The third kappa shape index (κ3) is 4.78. The fourth-order valence-electron chi connectivity index (χ4n) is 2.50. The molecular formula is C20H18FN3O3. The summed E-state index contributed by atoms with van der Waals surface area (Å²) in [5, 5.41) is 9.04. The molecule has 0 saturated carbocycles. The van der Waals surface area contributed by atoms with Crippen LogP contribution in [0.25, 0.3) is 0 Å². The Morgan fingerprint density at radius 2 is 1.70 bits per heavy atom. The van der Waals surface area contributed by atoms with Crippen LogP contribution < -0.4 is 10.6 Å². The molecule has 0 aliphatic heterocycles. The van der Waals surface area contributed by atoms with E-state index in [2.05, 4.69) is 15.8 Å². The molecule has 0 spiro atoms. The average molecular weight is 367 g/mol. The average Bonchev–Trinajstić information content (AvgIpc) is 3.08. The van der Waals surface area contributed by atoms with Crippen molar-refractivity contribution in [2.75, 3.05) is 11.9 Å². The van der Waals surface area contributed by atoms with Crippen molar-refractivity contribution in [1.29, 1.82) is 0 Å². The molecule has 0 radical (unpaired) electrons. The molecule has 138 valence electrons. The van der Waals surface area contributed by atoms with Gasteiger partial charge < -0.3 is 15.2 Å². The molecular weight excluding hydrogens is 349 g/mol. The van der Waals surface area contributed by atoms with E-state index in [0.29, 0.717) is 41.2 Å². The predicted molar refractivity (Wildman–Crippen MR) is 98.1 cm³/mol. The highest BCUT2D eigenvalue weighted by Gasteiger charge is 2.11. The first kappa shape index (κ1) is 18.3. The molecule has 3 rings (SSSR count). The van der Waals surface area contributed by atoms with Gasteiger partial charge in [-0.25, -0.2) is 4.39 Å². The normalized spacial score (nSPS) is 10.4. The van der Waals surface area contributed by atoms with Gasteiger partial charge in [0.1, 0.15) is 11.6 Å². The van der Waals surface area contributed by atoms with Crippen molar-refractivity contribution in [1.82, 2.24) is 10.5 Å². The monoisotopic (exact) mass is 367 g/mol. The summed E-state index contributed by atoms with van der Waals surface area (Å²) in [6.45, 7) is 2.04. The van der Waals surface area contributed by atoms with Crippen LogP contribution in [0.1, 0.15) is 32.0 Å². The molecule has 1 aromatic heterocycles. The van der Waals surface area contributed by atoms with E-state index >= 15 is 0 Å². The lowest BCUT2D eigenvalue weighted by Crippen LogP contribution is -2.26. The number of hydrogen-bond acceptors (Lipinski definition) is 4. The molecule has 7 heteroatoms. The molecule has 0 saturated heterocycles. The summed E-state index contributed by atoms with van der Waals surface area (Å²) in [4.78, 5) is 24.3. The Kier molecular flexibility index (Phi) is 5.61. The van der Waals surface area contributed by atoms with Crippen molar-refractivity contribution >= 4 is 17.6 Å². The second kappa shape index (κ2) is 8.27. The summed E-state index contributed by atoms with van der Waals surface area (Å²) in [6.07, 6.45) is 0.399. The van der Waals surface area contributed by atoms with E-state index in [1.165, 1.54) is 6.07 Å². The summed E-state index contributed by atoms with van der Waals surface area (Å²) in [7, 11) is 0. The zero-order valence-corrected chi connectivity index (χ0v) is 14.7. The Morgan fingerprint density at radius 1 is 1.04 bits per heavy atom. The summed E-state index contributed by atoms with van der Waals surface area (Å²) in [5.41, 5.74) is 1.35. The maximum Gasteiger partial charge on any atom is 0.256 e. The first-order chi connectivity index (χ1) is 13.0. The Bertz CT molecular complexity index is 951. The van der Waals surface area contributed by atoms with E-state index in [1.54, 1.807) is 55.5 Å². The lowest BCUT2D eigenvalue weighted by atomic mass is 10.1. The van der Waals surface area contributed by atoms with Crippen LogP contribution >= 0.6 is 0 Å². The largest absolute Gasteiger partial charge is 0.360 e. The highest BCUT2D eigenvalue weighted by atomic mass is 19.1. The number of nitrogens with one attached hydrogen (secondary N) is 2. The fraction of sp³-hybridized carbons (Fsp3) is 0.150. The number of halogens is 1. The number of nitrogens with zero attached hydrogens (tertiary/aromatic N) is 1. The van der Waals surface area contributed by atoms with Gasteiger partial charge in [0.25, 0.3) is 11.8 Å². The Labute approximate surface area is 155 Å². The molecule has 1 heterocycles. The standard InChI is InChI=1S/C20H18FN3O3/c1-13-12-18(24-27-13)23-20(26)16-8-6-15(7-9-16)19(25)22-11-10-14-4-2-3-5-17(14)21/h2-9,12H,10-11H2,1H3,(H,22,25)(H,23,24,26). The van der Waals surface area contributed by atoms with Crippen molar-refractivity contribution in [3.05, 3.63) is 82.9 Å². The quantitative estimate of drug-likeness (QED) is 0.700. The van der Waals surface area contributed by atoms with E-state index in [-0.39, 0.29) is 17.6 Å². The third-order valence-corrected chi connectivity index (χ3v) is 3.92. The number of amides is 2. The van der Waals surface area contributed by atoms with Gasteiger partial charge in [-0.3, -0.25) is 9.59 Å². The Morgan fingerprint density at radius 3 is 2.33 bits per heavy atom. The topological polar surface area (TPSA) is 84.2 Å². The predicted octanol–water partition coefficient (Wildman–Crippen LogP) is 3.35. The highest BCUT2D eigenvalue weighted by molar-refractivity contribution is 6.04. The van der Waals surface area contributed by atoms with E-state index in [4.69, 9.17) is 4.52 Å². The molecule has 0 atom stereocenters. The van der Waals surface area contributed by atoms with Gasteiger partial charge in [0.05, 0.1) is 0 Å². The zero-order valence-electron chi connectivity index (χ0n) is 14.7. The van der Waals surface area contributed by atoms with Gasteiger partial charge in [-0.1, -0.05) is 23.4 Å². The zero-order chi connectivity index (χ0) is 19.2. The Balaban J connectivity index is 1.54. The van der Waals surface area contributed by atoms with E-state index in [0.717, 1.165) is 0 Å². The maximum atomic E-state index is 13.6. The van der Waals surface area contributed by atoms with Gasteiger partial charge in [-0.05, 0) is 49.2 Å². The summed E-state index contributed by atoms with van der Waals surface area (Å²) in [5.74, 6) is -0.00942. The number of benzene rings is 2. The van der Waals surface area contributed by atoms with Crippen molar-refractivity contribution in [3.63, 3.8) is 0 Å². The number of carbonyl (C=O) groups excluding carboxylic acids is 2. The molecule has 2 aromatic carbocycles. The van der Waals surface area contributed by atoms with Gasteiger partial charge in [0, 0.05) is 23.7 Å². The van der Waals surface area contributed by atoms with Crippen molar-refractivity contribution in [2.24, 2.45) is 0 Å². The van der Waals surface area contributed by atoms with Crippen molar-refractivity contribution < 1.29 is 18.5 Å². The molecule has 2 N–H and O–H groups in total. The lowest BCUT2D eigenvalue weighted by Gasteiger charge is -2.07. The fourth-order valence-corrected chi connectivity index (χ4v) is 2.50. The van der Waals surface area contributed by atoms with E-state index in [1.807, 2.05) is 0 Å². The van der Waals surface area contributed by atoms with Gasteiger partial charge in [0.15, 0.2) is 5.82 Å². The highest BCUT2D eigenvalue weighted by Crippen LogP contribution is 2.11. The molecule has 27 heavy (non-hydrogen) atoms. The van der Waals surface area contributed by atoms with Crippen LogP contribution in [-0.4, -0.2) is 23.5 Å². The third-order valence-electron chi connectivity index (χ3n) is 3.92. The van der Waals surface area contributed by atoms with E-state index < -0.39 is 0 Å². The van der Waals surface area contributed by atoms with Crippen LogP contribution in [0.5, 0.6) is 0 Å². The van der Waals surface area contributed by atoms with Crippen LogP contribution in [0.2, 0.25) is 0 Å². The van der Waals surface area contributed by atoms with Crippen molar-refractivity contribution in [2.45, 2.75) is 13.3 Å². The minimum atomic E-state index is -0.352. The molecule has 0 aliphatic carbocycles. The second-order valence-corrected chi connectivity index (χ2v) is 5.95. The molecule has 0 aliphatic rings. The number of aryl methyl sites for hydroxylation is 1. The molecule has 3 aromatic rings. The summed E-state index contributed by atoms with van der Waals surface area (Å²) in [6, 6.07) is 14.3. The minimum absolute atomic E-state index is 0.287. The second-order valence-electron chi connectivity index (χ2n) is 5.95. The first-order valence-electron chi connectivity index (χ1n) is 8.39. The SMILES string of the molecule is Cc1cc(NC(=O)c2ccc(C(=O)NCCc3ccccc3F)cc2)no1. The smallest absolute Gasteiger partial charge is 0.256 e. The molecule has 6 nitrogen and oxygen atoms in total. The maximum absolute atomic E-state index is 13.6. The van der Waals surface area contributed by atoms with Gasteiger partial charge >= 0.3 is 0 Å². The van der Waals surface area contributed by atoms with E-state index in [9.17, 15) is 14.0 Å². The van der Waals surface area contributed by atoms with Crippen LogP contribution in [0, 0.1) is 12.7 Å². The number of anilines is 1. The van der Waals surface area contributed by atoms with Gasteiger partial charge in [0.2, 0.25) is 0 Å². The van der Waals surface area contributed by atoms with Crippen LogP contribution in [-0.2, 0) is 6.42 Å². The van der Waals surface area contributed by atoms with Crippen LogP contribution in [0.15, 0.2) is 59.1 Å². The minimum Gasteiger partial charge on any atom is -0.360 e. The Hall–Kier alpha value is -3.48. The van der Waals surface area contributed by atoms with Crippen LogP contribution in [0.4, 0.5) is 10.2 Å². The van der Waals surface area contributed by atoms with Gasteiger partial charge in [-0.2, -0.15) is 0 Å². The first-order valence-corrected chi connectivity index (χ1v) is 8.39. The summed E-state index contributed by atoms with van der Waals surface area (Å²) < 4.78 is 18.4. The molecule has 2 amide bonds. The molecule has 0 fully saturated rings. The van der Waals surface area contributed by atoms with Gasteiger partial charge in [-0.15, -0.1) is 0 Å². The number of carbonyl (C=O) groups is 2. The summed E-state index contributed by atoms with van der Waals surface area (Å²) >= 11 is 0. The van der Waals surface area contributed by atoms with Crippen molar-refractivity contribution in [3.8, 4) is 0 Å². The lowest BCUT2D eigenvalue weighted by molar-refractivity contribution is 0.0952. The number of aromatic nitrogens is 1.